The summed E-state index contributed by atoms with van der Waals surface area (Å²) in [4.78, 5) is 9.92. The Balaban J connectivity index is 4.06. The van der Waals surface area contributed by atoms with Crippen LogP contribution in [-0.2, 0) is 4.79 Å². The van der Waals surface area contributed by atoms with Crippen molar-refractivity contribution in [2.75, 3.05) is 6.61 Å². The van der Waals surface area contributed by atoms with Crippen molar-refractivity contribution >= 4 is 6.29 Å². The van der Waals surface area contributed by atoms with Gasteiger partial charge in [0.1, 0.15) is 24.6 Å². The first-order chi connectivity index (χ1) is 6.04. The largest absolute Gasteiger partial charge is 0.394 e. The molecule has 6 heteroatoms. The van der Waals surface area contributed by atoms with Crippen LogP contribution in [0.15, 0.2) is 0 Å². The first-order valence-corrected chi connectivity index (χ1v) is 3.81. The normalized spacial score (nSPS) is 20.4. The van der Waals surface area contributed by atoms with Crippen LogP contribution in [0.4, 0.5) is 0 Å². The third-order valence-corrected chi connectivity index (χ3v) is 1.66. The minimum Gasteiger partial charge on any atom is -0.394 e. The van der Waals surface area contributed by atoms with Gasteiger partial charge in [0.25, 0.3) is 0 Å². The fourth-order valence-corrected chi connectivity index (χ4v) is 0.801. The molecule has 0 radical (unpaired) electrons. The second-order valence-corrected chi connectivity index (χ2v) is 2.70. The highest BCUT2D eigenvalue weighted by atomic mass is 16.4. The third-order valence-electron chi connectivity index (χ3n) is 1.66. The molecule has 0 aliphatic carbocycles. The minimum absolute atomic E-state index is 0.337. The molecule has 0 spiro atoms. The average Bonchev–Trinajstić information content (AvgIpc) is 2.14. The molecule has 0 saturated heterocycles. The summed E-state index contributed by atoms with van der Waals surface area (Å²) in [6.45, 7) is -0.730. The molecule has 0 heterocycles. The van der Waals surface area contributed by atoms with Crippen molar-refractivity contribution in [1.29, 1.82) is 0 Å². The van der Waals surface area contributed by atoms with E-state index >= 15 is 0 Å². The van der Waals surface area contributed by atoms with Gasteiger partial charge in [-0.15, -0.1) is 0 Å². The fraction of sp³-hybridized carbons (Fsp3) is 0.857. The number of aliphatic hydroxyl groups is 5. The van der Waals surface area contributed by atoms with Crippen LogP contribution in [0.3, 0.4) is 0 Å². The first kappa shape index (κ1) is 12.5. The zero-order valence-corrected chi connectivity index (χ0v) is 6.95. The number of hydrogen-bond acceptors (Lipinski definition) is 6. The summed E-state index contributed by atoms with van der Waals surface area (Å²) in [6.07, 6.45) is -6.24. The smallest absolute Gasteiger partial charge is 0.122 e. The van der Waals surface area contributed by atoms with Gasteiger partial charge in [-0.05, 0) is 0 Å². The summed E-state index contributed by atoms with van der Waals surface area (Å²) in [5.41, 5.74) is 0. The minimum atomic E-state index is -1.67. The van der Waals surface area contributed by atoms with Gasteiger partial charge in [-0.3, -0.25) is 0 Å². The predicted octanol–water partition coefficient (Wildman–Crippen LogP) is -2.99. The van der Waals surface area contributed by atoms with Gasteiger partial charge >= 0.3 is 0 Å². The van der Waals surface area contributed by atoms with Crippen LogP contribution in [0.25, 0.3) is 0 Å². The lowest BCUT2D eigenvalue weighted by molar-refractivity contribution is -0.125. The maximum absolute atomic E-state index is 9.92. The molecule has 0 fully saturated rings. The van der Waals surface area contributed by atoms with E-state index in [1.54, 1.807) is 0 Å². The Morgan fingerprint density at radius 3 is 1.85 bits per heavy atom. The Morgan fingerprint density at radius 1 is 1.00 bits per heavy atom. The Morgan fingerprint density at radius 2 is 1.46 bits per heavy atom. The van der Waals surface area contributed by atoms with E-state index in [1.807, 2.05) is 0 Å². The molecule has 0 saturated carbocycles. The van der Waals surface area contributed by atoms with Gasteiger partial charge in [0.2, 0.25) is 0 Å². The van der Waals surface area contributed by atoms with Crippen molar-refractivity contribution < 1.29 is 30.3 Å². The average molecular weight is 194 g/mol. The second-order valence-electron chi connectivity index (χ2n) is 2.70. The fourth-order valence-electron chi connectivity index (χ4n) is 0.801. The summed E-state index contributed by atoms with van der Waals surface area (Å²) in [7, 11) is 0. The number of carbonyl (C=O) groups excluding carboxylic acids is 1. The molecule has 0 aromatic carbocycles. The number of aldehydes is 1. The monoisotopic (exact) mass is 194 g/mol. The van der Waals surface area contributed by atoms with Crippen molar-refractivity contribution in [2.45, 2.75) is 30.8 Å². The first-order valence-electron chi connectivity index (χ1n) is 3.81. The summed E-state index contributed by atoms with van der Waals surface area (Å²) < 4.78 is 0. The van der Waals surface area contributed by atoms with Crippen LogP contribution in [0.1, 0.15) is 6.42 Å². The second kappa shape index (κ2) is 6.01. The van der Waals surface area contributed by atoms with Gasteiger partial charge in [-0.25, -0.2) is 0 Å². The van der Waals surface area contributed by atoms with Crippen LogP contribution in [0.5, 0.6) is 0 Å². The SMILES string of the molecule is O=CC[C@@H](O)[C@H](O)[C@H](O)C(O)CO. The topological polar surface area (TPSA) is 118 Å². The Labute approximate surface area is 75.1 Å². The van der Waals surface area contributed by atoms with Crippen LogP contribution in [0.2, 0.25) is 0 Å². The number of hydrogen-bond donors (Lipinski definition) is 5. The molecule has 13 heavy (non-hydrogen) atoms. The maximum atomic E-state index is 9.92. The molecule has 0 bridgehead atoms. The lowest BCUT2D eigenvalue weighted by atomic mass is 10.0. The lowest BCUT2D eigenvalue weighted by Crippen LogP contribution is -2.45. The van der Waals surface area contributed by atoms with Crippen LogP contribution < -0.4 is 0 Å². The predicted molar refractivity (Wildman–Crippen MR) is 41.8 cm³/mol. The highest BCUT2D eigenvalue weighted by Crippen LogP contribution is 2.06. The van der Waals surface area contributed by atoms with Crippen molar-refractivity contribution in [3.8, 4) is 0 Å². The Hall–Kier alpha value is -0.530. The summed E-state index contributed by atoms with van der Waals surface area (Å²) in [6, 6.07) is 0. The van der Waals surface area contributed by atoms with Gasteiger partial charge in [-0.1, -0.05) is 0 Å². The van der Waals surface area contributed by atoms with Gasteiger partial charge in [0, 0.05) is 6.42 Å². The van der Waals surface area contributed by atoms with Crippen LogP contribution in [0, 0.1) is 0 Å². The third kappa shape index (κ3) is 3.79. The molecule has 6 nitrogen and oxygen atoms in total. The lowest BCUT2D eigenvalue weighted by Gasteiger charge is -2.24. The van der Waals surface area contributed by atoms with Crippen molar-refractivity contribution in [2.24, 2.45) is 0 Å². The van der Waals surface area contributed by atoms with Gasteiger partial charge in [0.05, 0.1) is 12.7 Å². The van der Waals surface area contributed by atoms with E-state index in [2.05, 4.69) is 0 Å². The standard InChI is InChI=1S/C7H14O6/c8-2-1-4(10)6(12)7(13)5(11)3-9/h2,4-7,9-13H,1,3H2/t4-,5?,6+,7-/m1/s1. The van der Waals surface area contributed by atoms with E-state index in [4.69, 9.17) is 25.5 Å². The van der Waals surface area contributed by atoms with Gasteiger partial charge in [-0.2, -0.15) is 0 Å². The molecular weight excluding hydrogens is 180 g/mol. The summed E-state index contributed by atoms with van der Waals surface area (Å²) in [5.74, 6) is 0. The molecule has 4 atom stereocenters. The molecule has 0 aromatic heterocycles. The molecule has 5 N–H and O–H groups in total. The summed E-state index contributed by atoms with van der Waals surface area (Å²) in [5, 5.41) is 44.4. The van der Waals surface area contributed by atoms with E-state index in [0.29, 0.717) is 6.29 Å². The highest BCUT2D eigenvalue weighted by Gasteiger charge is 2.29. The molecule has 0 amide bonds. The summed E-state index contributed by atoms with van der Waals surface area (Å²) >= 11 is 0. The van der Waals surface area contributed by atoms with E-state index in [1.165, 1.54) is 0 Å². The van der Waals surface area contributed by atoms with Gasteiger partial charge < -0.3 is 30.3 Å². The zero-order valence-electron chi connectivity index (χ0n) is 6.95. The molecule has 0 aromatic rings. The number of carbonyl (C=O) groups is 1. The zero-order chi connectivity index (χ0) is 10.4. The maximum Gasteiger partial charge on any atom is 0.122 e. The van der Waals surface area contributed by atoms with Crippen molar-refractivity contribution in [3.05, 3.63) is 0 Å². The molecule has 0 aliphatic rings. The van der Waals surface area contributed by atoms with Crippen LogP contribution in [-0.4, -0.2) is 62.8 Å². The highest BCUT2D eigenvalue weighted by molar-refractivity contribution is 5.50. The number of rotatable bonds is 6. The van der Waals surface area contributed by atoms with E-state index in [9.17, 15) is 4.79 Å². The Kier molecular flexibility index (Phi) is 5.76. The molecule has 0 rings (SSSR count). The quantitative estimate of drug-likeness (QED) is 0.288. The Bertz CT molecular complexity index is 150. The van der Waals surface area contributed by atoms with Crippen LogP contribution >= 0.6 is 0 Å². The van der Waals surface area contributed by atoms with Crippen molar-refractivity contribution in [1.82, 2.24) is 0 Å². The molecule has 1 unspecified atom stereocenters. The molecule has 78 valence electrons. The number of aliphatic hydroxyl groups excluding tert-OH is 5. The van der Waals surface area contributed by atoms with Crippen molar-refractivity contribution in [3.63, 3.8) is 0 Å². The molecular formula is C7H14O6. The van der Waals surface area contributed by atoms with E-state index in [-0.39, 0.29) is 6.42 Å². The van der Waals surface area contributed by atoms with Gasteiger partial charge in [0.15, 0.2) is 0 Å². The van der Waals surface area contributed by atoms with E-state index in [0.717, 1.165) is 0 Å². The molecule has 0 aliphatic heterocycles. The van der Waals surface area contributed by atoms with E-state index < -0.39 is 31.0 Å².